The first-order valence-electron chi connectivity index (χ1n) is 7.01. The van der Waals surface area contributed by atoms with Gasteiger partial charge in [-0.05, 0) is 46.2 Å². The summed E-state index contributed by atoms with van der Waals surface area (Å²) in [6.45, 7) is 9.83. The first kappa shape index (κ1) is 14.0. The lowest BCUT2D eigenvalue weighted by molar-refractivity contribution is 0.330. The Hall–Kier alpha value is -0.450. The Morgan fingerprint density at radius 2 is 2.00 bits per heavy atom. The monoisotopic (exact) mass is 267 g/mol. The summed E-state index contributed by atoms with van der Waals surface area (Å²) >= 11 is 1.82. The van der Waals surface area contributed by atoms with Crippen LogP contribution in [-0.4, -0.2) is 23.0 Å². The average Bonchev–Trinajstić information content (AvgIpc) is 2.88. The normalized spacial score (nSPS) is 17.6. The summed E-state index contributed by atoms with van der Waals surface area (Å²) in [5, 5.41) is 1.24. The Bertz CT molecular complexity index is 386. The third-order valence-corrected chi connectivity index (χ3v) is 4.79. The molecular formula is C14H25N3S. The topological polar surface area (TPSA) is 42.2 Å². The maximum atomic E-state index is 6.27. The van der Waals surface area contributed by atoms with E-state index in [2.05, 4.69) is 25.7 Å². The number of rotatable bonds is 5. The predicted octanol–water partition coefficient (Wildman–Crippen LogP) is 2.89. The van der Waals surface area contributed by atoms with E-state index in [0.717, 1.165) is 19.4 Å². The van der Waals surface area contributed by atoms with E-state index in [4.69, 9.17) is 10.7 Å². The van der Waals surface area contributed by atoms with Gasteiger partial charge >= 0.3 is 0 Å². The minimum atomic E-state index is -0.259. The zero-order valence-electron chi connectivity index (χ0n) is 11.8. The lowest BCUT2D eigenvalue weighted by atomic mass is 10.0. The summed E-state index contributed by atoms with van der Waals surface area (Å²) in [5.74, 6) is 0. The van der Waals surface area contributed by atoms with E-state index in [0.29, 0.717) is 0 Å². The predicted molar refractivity (Wildman–Crippen MR) is 77.8 cm³/mol. The molecule has 4 heteroatoms. The number of nitrogens with zero attached hydrogens (tertiary/aromatic N) is 2. The molecule has 1 aromatic rings. The maximum Gasteiger partial charge on any atom is 0.107 e. The van der Waals surface area contributed by atoms with Gasteiger partial charge in [0.25, 0.3) is 0 Å². The van der Waals surface area contributed by atoms with Gasteiger partial charge in [-0.15, -0.1) is 11.3 Å². The average molecular weight is 267 g/mol. The van der Waals surface area contributed by atoms with E-state index in [1.165, 1.54) is 41.5 Å². The van der Waals surface area contributed by atoms with E-state index >= 15 is 0 Å². The zero-order valence-corrected chi connectivity index (χ0v) is 12.6. The number of hydrogen-bond donors (Lipinski definition) is 1. The van der Waals surface area contributed by atoms with Gasteiger partial charge in [-0.3, -0.25) is 4.90 Å². The Labute approximate surface area is 114 Å². The number of aryl methyl sites for hydroxylation is 1. The fraction of sp³-hybridized carbons (Fsp3) is 0.786. The van der Waals surface area contributed by atoms with E-state index in [1.807, 2.05) is 11.3 Å². The third-order valence-electron chi connectivity index (χ3n) is 3.37. The number of hydrogen-bond acceptors (Lipinski definition) is 4. The Morgan fingerprint density at radius 1 is 1.33 bits per heavy atom. The first-order chi connectivity index (χ1) is 8.50. The molecule has 2 rings (SSSR count). The van der Waals surface area contributed by atoms with E-state index in [9.17, 15) is 0 Å². The summed E-state index contributed by atoms with van der Waals surface area (Å²) in [4.78, 5) is 8.61. The molecule has 1 aliphatic rings. The molecule has 1 aliphatic heterocycles. The van der Waals surface area contributed by atoms with E-state index < -0.39 is 0 Å². The number of likely N-dealkylation sites (tertiary alicyclic amines) is 1. The Kier molecular flexibility index (Phi) is 4.41. The smallest absolute Gasteiger partial charge is 0.107 e. The molecule has 18 heavy (non-hydrogen) atoms. The van der Waals surface area contributed by atoms with Crippen LogP contribution in [0.5, 0.6) is 0 Å². The van der Waals surface area contributed by atoms with Crippen molar-refractivity contribution in [1.82, 2.24) is 9.88 Å². The number of nitrogens with two attached hydrogens (primary N) is 1. The van der Waals surface area contributed by atoms with Gasteiger partial charge in [0.15, 0.2) is 0 Å². The fourth-order valence-electron chi connectivity index (χ4n) is 2.51. The molecule has 102 valence electrons. The maximum absolute atomic E-state index is 6.27. The van der Waals surface area contributed by atoms with Crippen LogP contribution in [0.4, 0.5) is 0 Å². The highest BCUT2D eigenvalue weighted by Crippen LogP contribution is 2.30. The van der Waals surface area contributed by atoms with Crippen molar-refractivity contribution in [3.63, 3.8) is 0 Å². The second kappa shape index (κ2) is 5.68. The van der Waals surface area contributed by atoms with Crippen LogP contribution in [0.15, 0.2) is 0 Å². The number of thiazole rings is 1. The molecule has 0 bridgehead atoms. The summed E-state index contributed by atoms with van der Waals surface area (Å²) in [6, 6.07) is 0. The molecule has 2 N–H and O–H groups in total. The third kappa shape index (κ3) is 3.31. The van der Waals surface area contributed by atoms with Crippen molar-refractivity contribution in [2.75, 3.05) is 13.1 Å². The molecule has 0 amide bonds. The highest BCUT2D eigenvalue weighted by atomic mass is 32.1. The SMILES string of the molecule is CCCc1nc(CN2CCCC2)sc1C(C)(C)N. The molecule has 2 heterocycles. The minimum absolute atomic E-state index is 0.259. The molecule has 0 aliphatic carbocycles. The summed E-state index contributed by atoms with van der Waals surface area (Å²) in [7, 11) is 0. The second-order valence-corrected chi connectivity index (χ2v) is 6.92. The molecule has 0 unspecified atom stereocenters. The van der Waals surface area contributed by atoms with Gasteiger partial charge in [-0.2, -0.15) is 0 Å². The van der Waals surface area contributed by atoms with Crippen LogP contribution < -0.4 is 5.73 Å². The Balaban J connectivity index is 2.16. The van der Waals surface area contributed by atoms with Crippen molar-refractivity contribution in [2.24, 2.45) is 5.73 Å². The van der Waals surface area contributed by atoms with Gasteiger partial charge in [0.1, 0.15) is 5.01 Å². The van der Waals surface area contributed by atoms with E-state index in [-0.39, 0.29) is 5.54 Å². The summed E-state index contributed by atoms with van der Waals surface area (Å²) in [6.07, 6.45) is 4.85. The van der Waals surface area contributed by atoms with Crippen LogP contribution in [0.1, 0.15) is 55.6 Å². The summed E-state index contributed by atoms with van der Waals surface area (Å²) < 4.78 is 0. The van der Waals surface area contributed by atoms with Crippen LogP contribution in [-0.2, 0) is 18.5 Å². The van der Waals surface area contributed by atoms with Crippen molar-refractivity contribution in [1.29, 1.82) is 0 Å². The molecule has 0 radical (unpaired) electrons. The van der Waals surface area contributed by atoms with Crippen molar-refractivity contribution >= 4 is 11.3 Å². The van der Waals surface area contributed by atoms with Crippen molar-refractivity contribution in [3.8, 4) is 0 Å². The highest BCUT2D eigenvalue weighted by Gasteiger charge is 2.24. The lowest BCUT2D eigenvalue weighted by Crippen LogP contribution is -2.28. The summed E-state index contributed by atoms with van der Waals surface area (Å²) in [5.41, 5.74) is 7.23. The van der Waals surface area contributed by atoms with Gasteiger partial charge in [0, 0.05) is 10.4 Å². The van der Waals surface area contributed by atoms with Gasteiger partial charge in [0.05, 0.1) is 12.2 Å². The molecule has 0 atom stereocenters. The lowest BCUT2D eigenvalue weighted by Gasteiger charge is -2.17. The second-order valence-electron chi connectivity index (χ2n) is 5.84. The molecule has 1 fully saturated rings. The quantitative estimate of drug-likeness (QED) is 0.892. The van der Waals surface area contributed by atoms with E-state index in [1.54, 1.807) is 0 Å². The number of aromatic nitrogens is 1. The van der Waals surface area contributed by atoms with Crippen LogP contribution in [0.25, 0.3) is 0 Å². The largest absolute Gasteiger partial charge is 0.321 e. The van der Waals surface area contributed by atoms with Crippen LogP contribution >= 0.6 is 11.3 Å². The van der Waals surface area contributed by atoms with Crippen LogP contribution in [0.2, 0.25) is 0 Å². The van der Waals surface area contributed by atoms with Crippen molar-refractivity contribution < 1.29 is 0 Å². The van der Waals surface area contributed by atoms with Gasteiger partial charge in [-0.1, -0.05) is 13.3 Å². The molecule has 1 saturated heterocycles. The van der Waals surface area contributed by atoms with Gasteiger partial charge in [-0.25, -0.2) is 4.98 Å². The molecule has 1 aromatic heterocycles. The molecular weight excluding hydrogens is 242 g/mol. The standard InChI is InChI=1S/C14H25N3S/c1-4-7-11-13(14(2,3)15)18-12(16-11)10-17-8-5-6-9-17/h4-10,15H2,1-3H3. The fourth-order valence-corrected chi connectivity index (χ4v) is 3.68. The Morgan fingerprint density at radius 3 is 2.56 bits per heavy atom. The van der Waals surface area contributed by atoms with Crippen LogP contribution in [0, 0.1) is 0 Å². The van der Waals surface area contributed by atoms with Crippen molar-refractivity contribution in [2.45, 2.75) is 58.5 Å². The van der Waals surface area contributed by atoms with Gasteiger partial charge in [0.2, 0.25) is 0 Å². The van der Waals surface area contributed by atoms with Gasteiger partial charge < -0.3 is 5.73 Å². The zero-order chi connectivity index (χ0) is 13.2. The molecule has 0 aromatic carbocycles. The molecule has 0 spiro atoms. The molecule has 0 saturated carbocycles. The van der Waals surface area contributed by atoms with Crippen molar-refractivity contribution in [3.05, 3.63) is 15.6 Å². The minimum Gasteiger partial charge on any atom is -0.321 e. The first-order valence-corrected chi connectivity index (χ1v) is 7.82. The molecule has 3 nitrogen and oxygen atoms in total. The van der Waals surface area contributed by atoms with Crippen LogP contribution in [0.3, 0.4) is 0 Å². The highest BCUT2D eigenvalue weighted by molar-refractivity contribution is 7.11.